The van der Waals surface area contributed by atoms with E-state index in [1.807, 2.05) is 6.07 Å². The minimum Gasteiger partial charge on any atom is -0.495 e. The second kappa shape index (κ2) is 8.39. The van der Waals surface area contributed by atoms with Gasteiger partial charge in [-0.1, -0.05) is 11.6 Å². The predicted molar refractivity (Wildman–Crippen MR) is 106 cm³/mol. The SMILES string of the molecule is COc1ccc(NC(=O)/C(C#N)=C\Nc2nc3c(s2)CN(C)CC3)cc1Cl. The highest BCUT2D eigenvalue weighted by Crippen LogP contribution is 2.28. The number of nitriles is 1. The number of thiazole rings is 1. The Hall–Kier alpha value is -2.60. The molecule has 1 amide bonds. The lowest BCUT2D eigenvalue weighted by molar-refractivity contribution is -0.112. The van der Waals surface area contributed by atoms with Crippen molar-refractivity contribution >= 4 is 39.7 Å². The first-order valence-corrected chi connectivity index (χ1v) is 9.38. The highest BCUT2D eigenvalue weighted by atomic mass is 35.5. The Kier molecular flexibility index (Phi) is 5.96. The lowest BCUT2D eigenvalue weighted by Crippen LogP contribution is -2.25. The van der Waals surface area contributed by atoms with Gasteiger partial charge in [-0.3, -0.25) is 4.79 Å². The molecule has 1 aromatic carbocycles. The molecule has 1 aromatic heterocycles. The van der Waals surface area contributed by atoms with Crippen molar-refractivity contribution in [1.82, 2.24) is 9.88 Å². The summed E-state index contributed by atoms with van der Waals surface area (Å²) in [5, 5.41) is 15.9. The Morgan fingerprint density at radius 1 is 1.52 bits per heavy atom. The predicted octanol–water partition coefficient (Wildman–Crippen LogP) is 3.25. The molecule has 0 saturated heterocycles. The lowest BCUT2D eigenvalue weighted by Gasteiger charge is -2.20. The summed E-state index contributed by atoms with van der Waals surface area (Å²) < 4.78 is 5.08. The second-order valence-corrected chi connectivity index (χ2v) is 7.49. The monoisotopic (exact) mass is 403 g/mol. The van der Waals surface area contributed by atoms with Crippen LogP contribution in [0.3, 0.4) is 0 Å². The maximum absolute atomic E-state index is 12.3. The van der Waals surface area contributed by atoms with Crippen LogP contribution in [0.2, 0.25) is 5.02 Å². The number of rotatable bonds is 5. The Labute approximate surface area is 166 Å². The molecule has 1 aliphatic heterocycles. The van der Waals surface area contributed by atoms with Crippen molar-refractivity contribution in [2.75, 3.05) is 31.3 Å². The number of nitrogens with zero attached hydrogens (tertiary/aromatic N) is 3. The van der Waals surface area contributed by atoms with E-state index >= 15 is 0 Å². The molecule has 0 atom stereocenters. The zero-order valence-corrected chi connectivity index (χ0v) is 16.4. The highest BCUT2D eigenvalue weighted by Gasteiger charge is 2.18. The number of ether oxygens (including phenoxy) is 1. The number of nitrogens with one attached hydrogen (secondary N) is 2. The average Bonchev–Trinajstić information content (AvgIpc) is 3.04. The number of methoxy groups -OCH3 is 1. The molecule has 0 aliphatic carbocycles. The molecule has 0 spiro atoms. The molecule has 140 valence electrons. The van der Waals surface area contributed by atoms with E-state index in [4.69, 9.17) is 16.3 Å². The van der Waals surface area contributed by atoms with Gasteiger partial charge in [0, 0.05) is 36.3 Å². The van der Waals surface area contributed by atoms with E-state index in [2.05, 4.69) is 27.6 Å². The van der Waals surface area contributed by atoms with Crippen LogP contribution >= 0.6 is 22.9 Å². The number of aromatic nitrogens is 1. The molecule has 2 heterocycles. The number of carbonyl (C=O) groups excluding carboxylic acids is 1. The molecule has 0 fully saturated rings. The van der Waals surface area contributed by atoms with Crippen LogP contribution in [0, 0.1) is 11.3 Å². The molecule has 7 nitrogen and oxygen atoms in total. The van der Waals surface area contributed by atoms with Crippen molar-refractivity contribution in [3.8, 4) is 11.8 Å². The van der Waals surface area contributed by atoms with Crippen LogP contribution in [0.15, 0.2) is 30.0 Å². The number of likely N-dealkylation sites (N-methyl/N-ethyl adjacent to an activating group) is 1. The van der Waals surface area contributed by atoms with Crippen molar-refractivity contribution in [2.24, 2.45) is 0 Å². The number of hydrogen-bond donors (Lipinski definition) is 2. The molecule has 0 saturated carbocycles. The molecule has 2 N–H and O–H groups in total. The topological polar surface area (TPSA) is 90.3 Å². The van der Waals surface area contributed by atoms with Gasteiger partial charge < -0.3 is 20.3 Å². The maximum Gasteiger partial charge on any atom is 0.267 e. The van der Waals surface area contributed by atoms with Crippen molar-refractivity contribution in [3.63, 3.8) is 0 Å². The van der Waals surface area contributed by atoms with Gasteiger partial charge in [0.25, 0.3) is 5.91 Å². The third-order valence-electron chi connectivity index (χ3n) is 4.04. The van der Waals surface area contributed by atoms with E-state index in [1.165, 1.54) is 29.5 Å². The van der Waals surface area contributed by atoms with Gasteiger partial charge in [0.2, 0.25) is 0 Å². The summed E-state index contributed by atoms with van der Waals surface area (Å²) in [7, 11) is 3.58. The molecule has 2 aromatic rings. The van der Waals surface area contributed by atoms with Crippen molar-refractivity contribution in [3.05, 3.63) is 45.6 Å². The van der Waals surface area contributed by atoms with E-state index in [1.54, 1.807) is 18.2 Å². The number of halogens is 1. The van der Waals surface area contributed by atoms with Gasteiger partial charge in [-0.15, -0.1) is 11.3 Å². The van der Waals surface area contributed by atoms with E-state index in [0.717, 1.165) is 25.2 Å². The van der Waals surface area contributed by atoms with Crippen molar-refractivity contribution < 1.29 is 9.53 Å². The quantitative estimate of drug-likeness (QED) is 0.588. The molecule has 3 rings (SSSR count). The van der Waals surface area contributed by atoms with Crippen LogP contribution in [0.25, 0.3) is 0 Å². The fourth-order valence-electron chi connectivity index (χ4n) is 2.61. The normalized spacial score (nSPS) is 14.2. The van der Waals surface area contributed by atoms with Crippen LogP contribution in [0.4, 0.5) is 10.8 Å². The number of anilines is 2. The first-order chi connectivity index (χ1) is 13.0. The van der Waals surface area contributed by atoms with Gasteiger partial charge in [-0.05, 0) is 25.2 Å². The smallest absolute Gasteiger partial charge is 0.267 e. The molecule has 0 bridgehead atoms. The van der Waals surface area contributed by atoms with E-state index < -0.39 is 5.91 Å². The van der Waals surface area contributed by atoms with Gasteiger partial charge in [0.15, 0.2) is 5.13 Å². The Balaban J connectivity index is 1.68. The van der Waals surface area contributed by atoms with Gasteiger partial charge in [-0.25, -0.2) is 4.98 Å². The number of carbonyl (C=O) groups is 1. The van der Waals surface area contributed by atoms with Crippen molar-refractivity contribution in [2.45, 2.75) is 13.0 Å². The van der Waals surface area contributed by atoms with E-state index in [-0.39, 0.29) is 5.57 Å². The standard InChI is InChI=1S/C18H18ClN5O2S/c1-24-6-5-14-16(10-24)27-18(23-14)21-9-11(8-20)17(25)22-12-3-4-15(26-2)13(19)7-12/h3-4,7,9H,5-6,10H2,1-2H3,(H,21,23)(H,22,25)/b11-9-. The third kappa shape index (κ3) is 4.57. The largest absolute Gasteiger partial charge is 0.495 e. The summed E-state index contributed by atoms with van der Waals surface area (Å²) in [6, 6.07) is 6.75. The van der Waals surface area contributed by atoms with Gasteiger partial charge in [-0.2, -0.15) is 5.26 Å². The minimum absolute atomic E-state index is 0.0627. The molecule has 9 heteroatoms. The molecular formula is C18H18ClN5O2S. The molecule has 27 heavy (non-hydrogen) atoms. The Morgan fingerprint density at radius 3 is 3.04 bits per heavy atom. The van der Waals surface area contributed by atoms with Crippen LogP contribution in [0.1, 0.15) is 10.6 Å². The summed E-state index contributed by atoms with van der Waals surface area (Å²) in [5.74, 6) is -0.0296. The van der Waals surface area contributed by atoms with Crippen LogP contribution < -0.4 is 15.4 Å². The zero-order valence-electron chi connectivity index (χ0n) is 14.9. The molecule has 1 aliphatic rings. The van der Waals surface area contributed by atoms with Crippen LogP contribution in [0.5, 0.6) is 5.75 Å². The zero-order chi connectivity index (χ0) is 19.4. The summed E-state index contributed by atoms with van der Waals surface area (Å²) >= 11 is 7.58. The summed E-state index contributed by atoms with van der Waals surface area (Å²) in [6.07, 6.45) is 2.27. The van der Waals surface area contributed by atoms with E-state index in [9.17, 15) is 10.1 Å². The molecule has 0 radical (unpaired) electrons. The Morgan fingerprint density at radius 2 is 2.33 bits per heavy atom. The first-order valence-electron chi connectivity index (χ1n) is 8.19. The summed E-state index contributed by atoms with van der Waals surface area (Å²) in [5.41, 5.74) is 1.48. The van der Waals surface area contributed by atoms with Crippen molar-refractivity contribution in [1.29, 1.82) is 5.26 Å². The number of amides is 1. The molecular weight excluding hydrogens is 386 g/mol. The number of benzene rings is 1. The summed E-state index contributed by atoms with van der Waals surface area (Å²) in [6.45, 7) is 1.84. The number of fused-ring (bicyclic) bond motifs is 1. The second-order valence-electron chi connectivity index (χ2n) is 5.99. The fraction of sp³-hybridized carbons (Fsp3) is 0.278. The maximum atomic E-state index is 12.3. The van der Waals surface area contributed by atoms with Crippen LogP contribution in [-0.2, 0) is 17.8 Å². The Bertz CT molecular complexity index is 934. The van der Waals surface area contributed by atoms with E-state index in [0.29, 0.717) is 21.6 Å². The van der Waals surface area contributed by atoms with Gasteiger partial charge in [0.05, 0.1) is 17.8 Å². The highest BCUT2D eigenvalue weighted by molar-refractivity contribution is 7.15. The fourth-order valence-corrected chi connectivity index (χ4v) is 3.93. The summed E-state index contributed by atoms with van der Waals surface area (Å²) in [4.78, 5) is 20.3. The lowest BCUT2D eigenvalue weighted by atomic mass is 10.2. The van der Waals surface area contributed by atoms with Crippen LogP contribution in [-0.4, -0.2) is 36.5 Å². The molecule has 0 unspecified atom stereocenters. The number of hydrogen-bond acceptors (Lipinski definition) is 7. The van der Waals surface area contributed by atoms with Gasteiger partial charge >= 0.3 is 0 Å². The van der Waals surface area contributed by atoms with Gasteiger partial charge in [0.1, 0.15) is 17.4 Å². The first kappa shape index (κ1) is 19.2. The average molecular weight is 404 g/mol. The third-order valence-corrected chi connectivity index (χ3v) is 5.35. The minimum atomic E-state index is -0.535.